The largest absolute Gasteiger partial charge is 0.372 e. The maximum Gasteiger partial charge on any atom is 0.175 e. The van der Waals surface area contributed by atoms with Gasteiger partial charge in [0, 0.05) is 24.9 Å². The number of sulfone groups is 1. The van der Waals surface area contributed by atoms with E-state index in [0.29, 0.717) is 11.5 Å². The molecule has 0 spiro atoms. The molecule has 0 saturated heterocycles. The van der Waals surface area contributed by atoms with E-state index in [-0.39, 0.29) is 10.7 Å². The monoisotopic (exact) mass is 345 g/mol. The third-order valence-electron chi connectivity index (χ3n) is 3.61. The van der Waals surface area contributed by atoms with E-state index in [4.69, 9.17) is 0 Å². The fourth-order valence-corrected chi connectivity index (χ4v) is 2.99. The molecule has 0 radical (unpaired) electrons. The first kappa shape index (κ1) is 16.2. The summed E-state index contributed by atoms with van der Waals surface area (Å²) in [5, 5.41) is 7.41. The van der Waals surface area contributed by atoms with Gasteiger partial charge in [0.25, 0.3) is 0 Å². The lowest BCUT2D eigenvalue weighted by atomic mass is 10.1. The van der Waals surface area contributed by atoms with Crippen molar-refractivity contribution in [3.05, 3.63) is 60.4 Å². The maximum absolute atomic E-state index is 13.2. The standard InChI is InChI=1S/C17H16FN3O2S/c1-19-17-11-16(12-3-9-15(10-4-12)24(2,22)23)21(20-17)14-7-5-13(18)6-8-14/h3-11H,1-2H3,(H,19,20). The Morgan fingerprint density at radius 1 is 1.04 bits per heavy atom. The predicted octanol–water partition coefficient (Wildman–Crippen LogP) is 3.12. The molecule has 1 N–H and O–H groups in total. The van der Waals surface area contributed by atoms with Gasteiger partial charge in [-0.15, -0.1) is 5.10 Å². The van der Waals surface area contributed by atoms with E-state index in [1.54, 1.807) is 48.1 Å². The molecular formula is C17H16FN3O2S. The van der Waals surface area contributed by atoms with Crippen molar-refractivity contribution in [1.82, 2.24) is 9.78 Å². The van der Waals surface area contributed by atoms with Crippen LogP contribution in [0.15, 0.2) is 59.5 Å². The summed E-state index contributed by atoms with van der Waals surface area (Å²) < 4.78 is 38.0. The van der Waals surface area contributed by atoms with Gasteiger partial charge in [0.15, 0.2) is 9.84 Å². The Labute approximate surface area is 139 Å². The molecule has 3 rings (SSSR count). The highest BCUT2D eigenvalue weighted by Crippen LogP contribution is 2.27. The van der Waals surface area contributed by atoms with Crippen LogP contribution in [0.3, 0.4) is 0 Å². The number of hydrogen-bond donors (Lipinski definition) is 1. The van der Waals surface area contributed by atoms with E-state index < -0.39 is 9.84 Å². The molecular weight excluding hydrogens is 329 g/mol. The average molecular weight is 345 g/mol. The normalized spacial score (nSPS) is 11.5. The van der Waals surface area contributed by atoms with E-state index in [9.17, 15) is 12.8 Å². The minimum Gasteiger partial charge on any atom is -0.372 e. The molecule has 1 heterocycles. The molecule has 0 fully saturated rings. The molecule has 0 bridgehead atoms. The summed E-state index contributed by atoms with van der Waals surface area (Å²) in [6.07, 6.45) is 1.17. The van der Waals surface area contributed by atoms with Gasteiger partial charge in [0.05, 0.1) is 16.3 Å². The second-order valence-electron chi connectivity index (χ2n) is 5.35. The molecule has 7 heteroatoms. The van der Waals surface area contributed by atoms with Crippen molar-refractivity contribution in [3.8, 4) is 16.9 Å². The minimum absolute atomic E-state index is 0.257. The van der Waals surface area contributed by atoms with Gasteiger partial charge in [0.1, 0.15) is 11.6 Å². The minimum atomic E-state index is -3.24. The summed E-state index contributed by atoms with van der Waals surface area (Å²) in [6.45, 7) is 0. The van der Waals surface area contributed by atoms with Crippen molar-refractivity contribution in [3.63, 3.8) is 0 Å². The first-order chi connectivity index (χ1) is 11.4. The van der Waals surface area contributed by atoms with Crippen molar-refractivity contribution in [1.29, 1.82) is 0 Å². The van der Waals surface area contributed by atoms with Gasteiger partial charge in [-0.3, -0.25) is 0 Å². The van der Waals surface area contributed by atoms with Gasteiger partial charge >= 0.3 is 0 Å². The molecule has 2 aromatic carbocycles. The summed E-state index contributed by atoms with van der Waals surface area (Å²) in [7, 11) is -1.49. The number of hydrogen-bond acceptors (Lipinski definition) is 4. The molecule has 5 nitrogen and oxygen atoms in total. The molecule has 0 saturated carbocycles. The SMILES string of the molecule is CNc1cc(-c2ccc(S(C)(=O)=O)cc2)n(-c2ccc(F)cc2)n1. The molecule has 3 aromatic rings. The second-order valence-corrected chi connectivity index (χ2v) is 7.37. The Morgan fingerprint density at radius 3 is 2.21 bits per heavy atom. The molecule has 0 unspecified atom stereocenters. The number of anilines is 1. The highest BCUT2D eigenvalue weighted by atomic mass is 32.2. The zero-order chi connectivity index (χ0) is 17.3. The van der Waals surface area contributed by atoms with Gasteiger partial charge in [-0.1, -0.05) is 12.1 Å². The van der Waals surface area contributed by atoms with E-state index in [1.165, 1.54) is 18.4 Å². The summed E-state index contributed by atoms with van der Waals surface area (Å²) in [5.41, 5.74) is 2.28. The van der Waals surface area contributed by atoms with E-state index in [0.717, 1.165) is 11.3 Å². The first-order valence-corrected chi connectivity index (χ1v) is 9.12. The van der Waals surface area contributed by atoms with E-state index >= 15 is 0 Å². The van der Waals surface area contributed by atoms with Crippen LogP contribution in [0.25, 0.3) is 16.9 Å². The van der Waals surface area contributed by atoms with Crippen LogP contribution in [-0.2, 0) is 9.84 Å². The highest BCUT2D eigenvalue weighted by Gasteiger charge is 2.13. The third-order valence-corrected chi connectivity index (χ3v) is 4.74. The quantitative estimate of drug-likeness (QED) is 0.789. The topological polar surface area (TPSA) is 64.0 Å². The third kappa shape index (κ3) is 3.16. The van der Waals surface area contributed by atoms with Gasteiger partial charge in [-0.05, 0) is 36.4 Å². The van der Waals surface area contributed by atoms with Crippen LogP contribution in [0.5, 0.6) is 0 Å². The zero-order valence-electron chi connectivity index (χ0n) is 13.2. The van der Waals surface area contributed by atoms with Crippen LogP contribution in [-0.4, -0.2) is 31.5 Å². The van der Waals surface area contributed by atoms with Gasteiger partial charge < -0.3 is 5.32 Å². The molecule has 0 atom stereocenters. The van der Waals surface area contributed by atoms with Gasteiger partial charge in [-0.25, -0.2) is 17.5 Å². The molecule has 0 aliphatic carbocycles. The summed E-state index contributed by atoms with van der Waals surface area (Å²) >= 11 is 0. The lowest BCUT2D eigenvalue weighted by molar-refractivity contribution is 0.602. The Bertz CT molecular complexity index is 962. The molecule has 0 amide bonds. The fourth-order valence-electron chi connectivity index (χ4n) is 2.36. The lowest BCUT2D eigenvalue weighted by Gasteiger charge is -2.08. The Morgan fingerprint density at radius 2 is 1.67 bits per heavy atom. The van der Waals surface area contributed by atoms with Crippen LogP contribution < -0.4 is 5.32 Å². The van der Waals surface area contributed by atoms with Gasteiger partial charge in [-0.2, -0.15) is 0 Å². The Hall–Kier alpha value is -2.67. The van der Waals surface area contributed by atoms with Crippen molar-refractivity contribution < 1.29 is 12.8 Å². The van der Waals surface area contributed by atoms with Crippen molar-refractivity contribution >= 4 is 15.7 Å². The van der Waals surface area contributed by atoms with Crippen LogP contribution in [0.4, 0.5) is 10.2 Å². The van der Waals surface area contributed by atoms with Crippen molar-refractivity contribution in [2.75, 3.05) is 18.6 Å². The van der Waals surface area contributed by atoms with Gasteiger partial charge in [0.2, 0.25) is 0 Å². The smallest absolute Gasteiger partial charge is 0.175 e. The summed E-state index contributed by atoms with van der Waals surface area (Å²) in [4.78, 5) is 0.257. The average Bonchev–Trinajstić information content (AvgIpc) is 2.99. The molecule has 124 valence electrons. The highest BCUT2D eigenvalue weighted by molar-refractivity contribution is 7.90. The zero-order valence-corrected chi connectivity index (χ0v) is 14.0. The second kappa shape index (κ2) is 6.09. The molecule has 1 aromatic heterocycles. The molecule has 24 heavy (non-hydrogen) atoms. The van der Waals surface area contributed by atoms with Crippen LogP contribution >= 0.6 is 0 Å². The van der Waals surface area contributed by atoms with Crippen molar-refractivity contribution in [2.24, 2.45) is 0 Å². The lowest BCUT2D eigenvalue weighted by Crippen LogP contribution is -2.01. The number of halogens is 1. The maximum atomic E-state index is 13.2. The van der Waals surface area contributed by atoms with Crippen LogP contribution in [0, 0.1) is 5.82 Å². The number of nitrogens with zero attached hydrogens (tertiary/aromatic N) is 2. The summed E-state index contributed by atoms with van der Waals surface area (Å²) in [6, 6.07) is 14.4. The van der Waals surface area contributed by atoms with E-state index in [1.807, 2.05) is 6.07 Å². The summed E-state index contributed by atoms with van der Waals surface area (Å²) in [5.74, 6) is 0.334. The van der Waals surface area contributed by atoms with E-state index in [2.05, 4.69) is 10.4 Å². The number of nitrogens with one attached hydrogen (secondary N) is 1. The van der Waals surface area contributed by atoms with Crippen LogP contribution in [0.2, 0.25) is 0 Å². The fraction of sp³-hybridized carbons (Fsp3) is 0.118. The van der Waals surface area contributed by atoms with Crippen molar-refractivity contribution in [2.45, 2.75) is 4.90 Å². The first-order valence-electron chi connectivity index (χ1n) is 7.23. The number of benzene rings is 2. The Kier molecular flexibility index (Phi) is 4.11. The molecule has 0 aliphatic heterocycles. The number of rotatable bonds is 4. The number of aromatic nitrogens is 2. The Balaban J connectivity index is 2.10. The van der Waals surface area contributed by atoms with Crippen LogP contribution in [0.1, 0.15) is 0 Å². The predicted molar refractivity (Wildman–Crippen MR) is 91.6 cm³/mol. The molecule has 0 aliphatic rings.